The molecular formula is C12H13NO6S. The van der Waals surface area contributed by atoms with Crippen LogP contribution in [-0.2, 0) is 14.3 Å². The molecule has 0 aliphatic rings. The maximum atomic E-state index is 11.4. The van der Waals surface area contributed by atoms with Gasteiger partial charge in [-0.1, -0.05) is 0 Å². The van der Waals surface area contributed by atoms with Gasteiger partial charge in [-0.25, -0.2) is 4.79 Å². The Morgan fingerprint density at radius 1 is 1.40 bits per heavy atom. The Bertz CT molecular complexity index is 531. The summed E-state index contributed by atoms with van der Waals surface area (Å²) in [5, 5.41) is 10.9. The van der Waals surface area contributed by atoms with Crippen molar-refractivity contribution in [2.45, 2.75) is 11.8 Å². The van der Waals surface area contributed by atoms with Crippen molar-refractivity contribution in [3.05, 3.63) is 33.9 Å². The van der Waals surface area contributed by atoms with Gasteiger partial charge in [-0.3, -0.25) is 14.9 Å². The quantitative estimate of drug-likeness (QED) is 0.343. The molecule has 0 saturated heterocycles. The molecule has 20 heavy (non-hydrogen) atoms. The number of hydrogen-bond acceptors (Lipinski definition) is 7. The van der Waals surface area contributed by atoms with E-state index in [9.17, 15) is 19.7 Å². The van der Waals surface area contributed by atoms with E-state index in [1.54, 1.807) is 6.92 Å². The molecule has 0 N–H and O–H groups in total. The summed E-state index contributed by atoms with van der Waals surface area (Å²) in [6, 6.07) is 3.84. The molecule has 1 aromatic carbocycles. The van der Waals surface area contributed by atoms with Gasteiger partial charge in [0.05, 0.1) is 34.9 Å². The van der Waals surface area contributed by atoms with E-state index in [-0.39, 0.29) is 28.5 Å². The van der Waals surface area contributed by atoms with Crippen molar-refractivity contribution in [1.82, 2.24) is 0 Å². The largest absolute Gasteiger partial charge is 0.465 e. The normalized spacial score (nSPS) is 9.90. The fourth-order valence-corrected chi connectivity index (χ4v) is 2.22. The number of carbonyl (C=O) groups excluding carboxylic acids is 2. The third-order valence-electron chi connectivity index (χ3n) is 2.23. The van der Waals surface area contributed by atoms with Crippen LogP contribution in [0.4, 0.5) is 5.69 Å². The van der Waals surface area contributed by atoms with E-state index in [0.717, 1.165) is 11.8 Å². The van der Waals surface area contributed by atoms with Crippen LogP contribution >= 0.6 is 11.8 Å². The van der Waals surface area contributed by atoms with Gasteiger partial charge in [-0.15, -0.1) is 11.8 Å². The Morgan fingerprint density at radius 3 is 2.65 bits per heavy atom. The van der Waals surface area contributed by atoms with Gasteiger partial charge >= 0.3 is 11.9 Å². The summed E-state index contributed by atoms with van der Waals surface area (Å²) in [5.41, 5.74) is 0.0106. The Kier molecular flexibility index (Phi) is 5.98. The van der Waals surface area contributed by atoms with Gasteiger partial charge in [0.2, 0.25) is 0 Å². The fraction of sp³-hybridized carbons (Fsp3) is 0.333. The predicted octanol–water partition coefficient (Wildman–Crippen LogP) is 2.04. The summed E-state index contributed by atoms with van der Waals surface area (Å²) in [6.07, 6.45) is 0. The second-order valence-corrected chi connectivity index (χ2v) is 4.54. The van der Waals surface area contributed by atoms with Crippen LogP contribution in [0.2, 0.25) is 0 Å². The molecule has 0 aromatic heterocycles. The molecule has 0 radical (unpaired) electrons. The predicted molar refractivity (Wildman–Crippen MR) is 71.8 cm³/mol. The highest BCUT2D eigenvalue weighted by Crippen LogP contribution is 2.30. The van der Waals surface area contributed by atoms with Crippen molar-refractivity contribution in [3.63, 3.8) is 0 Å². The van der Waals surface area contributed by atoms with Crippen LogP contribution in [0.15, 0.2) is 23.1 Å². The van der Waals surface area contributed by atoms with Gasteiger partial charge in [-0.05, 0) is 19.1 Å². The van der Waals surface area contributed by atoms with Crippen LogP contribution in [0.1, 0.15) is 17.3 Å². The molecule has 1 aromatic rings. The molecule has 0 amide bonds. The van der Waals surface area contributed by atoms with Crippen molar-refractivity contribution in [3.8, 4) is 0 Å². The lowest BCUT2D eigenvalue weighted by atomic mass is 10.2. The second-order valence-electron chi connectivity index (χ2n) is 3.52. The van der Waals surface area contributed by atoms with E-state index < -0.39 is 16.9 Å². The van der Waals surface area contributed by atoms with E-state index in [0.29, 0.717) is 0 Å². The third kappa shape index (κ3) is 4.23. The minimum atomic E-state index is -0.599. The van der Waals surface area contributed by atoms with Gasteiger partial charge in [-0.2, -0.15) is 0 Å². The van der Waals surface area contributed by atoms with Crippen molar-refractivity contribution in [2.75, 3.05) is 19.5 Å². The molecule has 0 bridgehead atoms. The lowest BCUT2D eigenvalue weighted by Crippen LogP contribution is -2.07. The standard InChI is InChI=1S/C12H13NO6S/c1-3-19-11(14)7-20-10-6-8(12(15)18-2)4-5-9(10)13(16)17/h4-6H,3,7H2,1-2H3. The number of nitrogens with zero attached hydrogens (tertiary/aromatic N) is 1. The number of thioether (sulfide) groups is 1. The summed E-state index contributed by atoms with van der Waals surface area (Å²) in [5.74, 6) is -1.15. The Morgan fingerprint density at radius 2 is 2.10 bits per heavy atom. The van der Waals surface area contributed by atoms with Crippen LogP contribution in [0.25, 0.3) is 0 Å². The topological polar surface area (TPSA) is 95.7 Å². The monoisotopic (exact) mass is 299 g/mol. The van der Waals surface area contributed by atoms with Gasteiger partial charge in [0.15, 0.2) is 0 Å². The van der Waals surface area contributed by atoms with E-state index in [2.05, 4.69) is 4.74 Å². The summed E-state index contributed by atoms with van der Waals surface area (Å²) >= 11 is 0.942. The van der Waals surface area contributed by atoms with Crippen LogP contribution in [0.5, 0.6) is 0 Å². The molecule has 1 rings (SSSR count). The first-order valence-corrected chi connectivity index (χ1v) is 6.63. The highest BCUT2D eigenvalue weighted by molar-refractivity contribution is 8.00. The zero-order chi connectivity index (χ0) is 15.1. The number of hydrogen-bond donors (Lipinski definition) is 0. The maximum Gasteiger partial charge on any atom is 0.337 e. The molecule has 0 saturated carbocycles. The summed E-state index contributed by atoms with van der Waals surface area (Å²) in [7, 11) is 1.22. The highest BCUT2D eigenvalue weighted by atomic mass is 32.2. The highest BCUT2D eigenvalue weighted by Gasteiger charge is 2.18. The number of nitro benzene ring substituents is 1. The first kappa shape index (κ1) is 16.0. The molecule has 0 aliphatic carbocycles. The van der Waals surface area contributed by atoms with Crippen LogP contribution in [-0.4, -0.2) is 36.3 Å². The van der Waals surface area contributed by atoms with E-state index in [1.165, 1.54) is 25.3 Å². The molecular weight excluding hydrogens is 286 g/mol. The number of esters is 2. The zero-order valence-electron chi connectivity index (χ0n) is 11.0. The first-order valence-electron chi connectivity index (χ1n) is 5.64. The number of nitro groups is 1. The van der Waals surface area contributed by atoms with Crippen LogP contribution < -0.4 is 0 Å². The van der Waals surface area contributed by atoms with Gasteiger partial charge < -0.3 is 9.47 Å². The Labute approximate surface area is 119 Å². The number of carbonyl (C=O) groups is 2. The Balaban J connectivity index is 2.97. The summed E-state index contributed by atoms with van der Waals surface area (Å²) < 4.78 is 9.29. The van der Waals surface area contributed by atoms with Gasteiger partial charge in [0.25, 0.3) is 5.69 Å². The average Bonchev–Trinajstić information content (AvgIpc) is 2.44. The number of ether oxygens (including phenoxy) is 2. The second kappa shape index (κ2) is 7.49. The fourth-order valence-electron chi connectivity index (χ4n) is 1.36. The number of benzene rings is 1. The molecule has 7 nitrogen and oxygen atoms in total. The SMILES string of the molecule is CCOC(=O)CSc1cc(C(=O)OC)ccc1[N+](=O)[O-]. The maximum absolute atomic E-state index is 11.4. The molecule has 0 aliphatic heterocycles. The van der Waals surface area contributed by atoms with Crippen molar-refractivity contribution in [1.29, 1.82) is 0 Å². The third-order valence-corrected chi connectivity index (χ3v) is 3.25. The lowest BCUT2D eigenvalue weighted by Gasteiger charge is -2.05. The van der Waals surface area contributed by atoms with Crippen molar-refractivity contribution in [2.24, 2.45) is 0 Å². The van der Waals surface area contributed by atoms with Crippen molar-refractivity contribution < 1.29 is 24.0 Å². The molecule has 108 valence electrons. The molecule has 0 spiro atoms. The Hall–Kier alpha value is -2.09. The summed E-state index contributed by atoms with van der Waals surface area (Å²) in [4.78, 5) is 33.2. The first-order chi connectivity index (χ1) is 9.49. The molecule has 0 unspecified atom stereocenters. The van der Waals surface area contributed by atoms with Crippen LogP contribution in [0, 0.1) is 10.1 Å². The summed E-state index contributed by atoms with van der Waals surface area (Å²) in [6.45, 7) is 1.91. The van der Waals surface area contributed by atoms with Gasteiger partial charge in [0, 0.05) is 6.07 Å². The van der Waals surface area contributed by atoms with E-state index in [4.69, 9.17) is 4.74 Å². The van der Waals surface area contributed by atoms with Crippen LogP contribution in [0.3, 0.4) is 0 Å². The smallest absolute Gasteiger partial charge is 0.337 e. The van der Waals surface area contributed by atoms with E-state index >= 15 is 0 Å². The minimum Gasteiger partial charge on any atom is -0.465 e. The minimum absolute atomic E-state index is 0.0701. The molecule has 0 fully saturated rings. The van der Waals surface area contributed by atoms with E-state index in [1.807, 2.05) is 0 Å². The zero-order valence-corrected chi connectivity index (χ0v) is 11.8. The molecule has 0 atom stereocenters. The average molecular weight is 299 g/mol. The number of methoxy groups -OCH3 is 1. The molecule has 8 heteroatoms. The lowest BCUT2D eigenvalue weighted by molar-refractivity contribution is -0.387. The number of rotatable bonds is 6. The van der Waals surface area contributed by atoms with Crippen molar-refractivity contribution >= 4 is 29.4 Å². The molecule has 0 heterocycles. The van der Waals surface area contributed by atoms with Gasteiger partial charge in [0.1, 0.15) is 0 Å².